The zero-order valence-corrected chi connectivity index (χ0v) is 9.86. The van der Waals surface area contributed by atoms with Crippen LogP contribution in [0.4, 0.5) is 0 Å². The largest absolute Gasteiger partial charge is 0.493 e. The summed E-state index contributed by atoms with van der Waals surface area (Å²) in [5.74, 6) is 1.40. The SMILES string of the molecule is CCCc1cn2ccc(OC)c(OC)c2n1. The lowest BCUT2D eigenvalue weighted by Gasteiger charge is -2.07. The summed E-state index contributed by atoms with van der Waals surface area (Å²) in [4.78, 5) is 4.54. The van der Waals surface area contributed by atoms with Crippen molar-refractivity contribution in [3.63, 3.8) is 0 Å². The van der Waals surface area contributed by atoms with E-state index in [1.807, 2.05) is 22.9 Å². The molecule has 16 heavy (non-hydrogen) atoms. The molecule has 0 N–H and O–H groups in total. The Balaban J connectivity index is 2.57. The summed E-state index contributed by atoms with van der Waals surface area (Å²) in [6.45, 7) is 2.14. The minimum atomic E-state index is 0.687. The zero-order chi connectivity index (χ0) is 11.5. The Hall–Kier alpha value is -1.71. The molecule has 0 aliphatic carbocycles. The Morgan fingerprint density at radius 1 is 1.31 bits per heavy atom. The number of hydrogen-bond donors (Lipinski definition) is 0. The monoisotopic (exact) mass is 220 g/mol. The molecule has 2 rings (SSSR count). The molecule has 0 atom stereocenters. The normalized spacial score (nSPS) is 10.7. The molecule has 2 aromatic rings. The average molecular weight is 220 g/mol. The Bertz CT molecular complexity index is 491. The second-order valence-corrected chi connectivity index (χ2v) is 3.63. The fraction of sp³-hybridized carbons (Fsp3) is 0.417. The molecule has 0 spiro atoms. The standard InChI is InChI=1S/C12H16N2O2/c1-4-5-9-8-14-7-6-10(15-2)11(16-3)12(14)13-9/h6-8H,4-5H2,1-3H3. The van der Waals surface area contributed by atoms with E-state index in [0.717, 1.165) is 24.2 Å². The number of rotatable bonds is 4. The van der Waals surface area contributed by atoms with Gasteiger partial charge in [-0.05, 0) is 6.42 Å². The minimum absolute atomic E-state index is 0.687. The molecule has 4 nitrogen and oxygen atoms in total. The van der Waals surface area contributed by atoms with Crippen LogP contribution in [0.1, 0.15) is 19.0 Å². The lowest BCUT2D eigenvalue weighted by molar-refractivity contribution is 0.356. The molecule has 0 saturated carbocycles. The van der Waals surface area contributed by atoms with Gasteiger partial charge >= 0.3 is 0 Å². The van der Waals surface area contributed by atoms with E-state index >= 15 is 0 Å². The van der Waals surface area contributed by atoms with Crippen LogP contribution < -0.4 is 9.47 Å². The molecule has 0 aromatic carbocycles. The number of fused-ring (bicyclic) bond motifs is 1. The van der Waals surface area contributed by atoms with Crippen molar-refractivity contribution in [2.24, 2.45) is 0 Å². The highest BCUT2D eigenvalue weighted by molar-refractivity contribution is 5.61. The predicted molar refractivity (Wildman–Crippen MR) is 62.3 cm³/mol. The summed E-state index contributed by atoms with van der Waals surface area (Å²) < 4.78 is 12.5. The number of methoxy groups -OCH3 is 2. The number of imidazole rings is 1. The van der Waals surface area contributed by atoms with E-state index in [4.69, 9.17) is 9.47 Å². The van der Waals surface area contributed by atoms with Gasteiger partial charge in [0.05, 0.1) is 19.9 Å². The molecule has 0 saturated heterocycles. The van der Waals surface area contributed by atoms with Crippen LogP contribution >= 0.6 is 0 Å². The Morgan fingerprint density at radius 3 is 2.75 bits per heavy atom. The van der Waals surface area contributed by atoms with Gasteiger partial charge in [-0.15, -0.1) is 0 Å². The van der Waals surface area contributed by atoms with Crippen LogP contribution in [0, 0.1) is 0 Å². The third kappa shape index (κ3) is 1.71. The van der Waals surface area contributed by atoms with Crippen LogP contribution in [0.15, 0.2) is 18.5 Å². The molecular formula is C12H16N2O2. The lowest BCUT2D eigenvalue weighted by Crippen LogP contribution is -1.94. The minimum Gasteiger partial charge on any atom is -0.493 e. The number of ether oxygens (including phenoxy) is 2. The van der Waals surface area contributed by atoms with Gasteiger partial charge in [0.2, 0.25) is 5.75 Å². The second kappa shape index (κ2) is 4.43. The Morgan fingerprint density at radius 2 is 2.12 bits per heavy atom. The van der Waals surface area contributed by atoms with Crippen LogP contribution in [0.5, 0.6) is 11.5 Å². The highest BCUT2D eigenvalue weighted by Crippen LogP contribution is 2.30. The van der Waals surface area contributed by atoms with E-state index in [2.05, 4.69) is 11.9 Å². The molecule has 2 aromatic heterocycles. The van der Waals surface area contributed by atoms with Crippen molar-refractivity contribution in [1.29, 1.82) is 0 Å². The third-order valence-corrected chi connectivity index (χ3v) is 2.53. The number of aryl methyl sites for hydroxylation is 1. The van der Waals surface area contributed by atoms with E-state index in [0.29, 0.717) is 11.5 Å². The highest BCUT2D eigenvalue weighted by atomic mass is 16.5. The van der Waals surface area contributed by atoms with Crippen LogP contribution in [-0.4, -0.2) is 23.6 Å². The summed E-state index contributed by atoms with van der Waals surface area (Å²) in [6, 6.07) is 1.88. The van der Waals surface area contributed by atoms with Gasteiger partial charge in [-0.2, -0.15) is 0 Å². The van der Waals surface area contributed by atoms with Crippen molar-refractivity contribution in [2.45, 2.75) is 19.8 Å². The van der Waals surface area contributed by atoms with Gasteiger partial charge in [0.25, 0.3) is 0 Å². The molecule has 0 unspecified atom stereocenters. The van der Waals surface area contributed by atoms with Gasteiger partial charge in [-0.25, -0.2) is 4.98 Å². The van der Waals surface area contributed by atoms with E-state index in [1.165, 1.54) is 0 Å². The maximum absolute atomic E-state index is 5.33. The van der Waals surface area contributed by atoms with E-state index in [-0.39, 0.29) is 0 Å². The van der Waals surface area contributed by atoms with Gasteiger partial charge in [-0.1, -0.05) is 13.3 Å². The number of aromatic nitrogens is 2. The first-order valence-corrected chi connectivity index (χ1v) is 5.38. The molecule has 2 heterocycles. The first-order chi connectivity index (χ1) is 7.80. The molecule has 0 aliphatic heterocycles. The van der Waals surface area contributed by atoms with Crippen LogP contribution in [0.3, 0.4) is 0 Å². The molecule has 0 fully saturated rings. The average Bonchev–Trinajstić information content (AvgIpc) is 2.70. The number of nitrogens with zero attached hydrogens (tertiary/aromatic N) is 2. The van der Waals surface area contributed by atoms with Crippen LogP contribution in [0.2, 0.25) is 0 Å². The highest BCUT2D eigenvalue weighted by Gasteiger charge is 2.11. The van der Waals surface area contributed by atoms with Crippen LogP contribution in [-0.2, 0) is 6.42 Å². The summed E-state index contributed by atoms with van der Waals surface area (Å²) >= 11 is 0. The lowest BCUT2D eigenvalue weighted by atomic mass is 10.3. The van der Waals surface area contributed by atoms with Crippen molar-refractivity contribution in [1.82, 2.24) is 9.38 Å². The molecule has 4 heteroatoms. The summed E-state index contributed by atoms with van der Waals surface area (Å²) in [7, 11) is 3.26. The van der Waals surface area contributed by atoms with E-state index in [1.54, 1.807) is 14.2 Å². The van der Waals surface area contributed by atoms with E-state index in [9.17, 15) is 0 Å². The first-order valence-electron chi connectivity index (χ1n) is 5.38. The summed E-state index contributed by atoms with van der Waals surface area (Å²) in [5, 5.41) is 0. The fourth-order valence-corrected chi connectivity index (χ4v) is 1.79. The topological polar surface area (TPSA) is 35.8 Å². The zero-order valence-electron chi connectivity index (χ0n) is 9.86. The second-order valence-electron chi connectivity index (χ2n) is 3.63. The Kier molecular flexibility index (Phi) is 2.99. The van der Waals surface area contributed by atoms with Crippen molar-refractivity contribution in [2.75, 3.05) is 14.2 Å². The first kappa shape index (κ1) is 10.8. The number of hydrogen-bond acceptors (Lipinski definition) is 3. The molecule has 0 radical (unpaired) electrons. The van der Waals surface area contributed by atoms with E-state index < -0.39 is 0 Å². The smallest absolute Gasteiger partial charge is 0.204 e. The van der Waals surface area contributed by atoms with Crippen molar-refractivity contribution in [3.05, 3.63) is 24.2 Å². The van der Waals surface area contributed by atoms with Gasteiger partial charge in [0.15, 0.2) is 11.4 Å². The maximum atomic E-state index is 5.33. The summed E-state index contributed by atoms with van der Waals surface area (Å²) in [6.07, 6.45) is 6.03. The van der Waals surface area contributed by atoms with Gasteiger partial charge < -0.3 is 13.9 Å². The van der Waals surface area contributed by atoms with Crippen molar-refractivity contribution in [3.8, 4) is 11.5 Å². The molecule has 0 bridgehead atoms. The molecule has 0 aliphatic rings. The molecule has 86 valence electrons. The number of pyridine rings is 1. The fourth-order valence-electron chi connectivity index (χ4n) is 1.79. The van der Waals surface area contributed by atoms with Gasteiger partial charge in [0.1, 0.15) is 0 Å². The third-order valence-electron chi connectivity index (χ3n) is 2.53. The van der Waals surface area contributed by atoms with Gasteiger partial charge in [0, 0.05) is 18.5 Å². The predicted octanol–water partition coefficient (Wildman–Crippen LogP) is 2.30. The van der Waals surface area contributed by atoms with Crippen molar-refractivity contribution >= 4 is 5.65 Å². The molecule has 0 amide bonds. The quantitative estimate of drug-likeness (QED) is 0.793. The Labute approximate surface area is 94.8 Å². The van der Waals surface area contributed by atoms with Crippen molar-refractivity contribution < 1.29 is 9.47 Å². The van der Waals surface area contributed by atoms with Crippen LogP contribution in [0.25, 0.3) is 5.65 Å². The maximum Gasteiger partial charge on any atom is 0.204 e. The summed E-state index contributed by atoms with van der Waals surface area (Å²) in [5.41, 5.74) is 1.89. The molecular weight excluding hydrogens is 204 g/mol. The van der Waals surface area contributed by atoms with Gasteiger partial charge in [-0.3, -0.25) is 0 Å².